The molecule has 0 aromatic carbocycles. The lowest BCUT2D eigenvalue weighted by Crippen LogP contribution is -2.43. The van der Waals surface area contributed by atoms with Crippen molar-refractivity contribution in [3.8, 4) is 0 Å². The van der Waals surface area contributed by atoms with Gasteiger partial charge in [-0.15, -0.1) is 0 Å². The largest absolute Gasteiger partial charge is 0.341 e. The van der Waals surface area contributed by atoms with Crippen LogP contribution in [0.3, 0.4) is 0 Å². The molecule has 0 N–H and O–H groups in total. The number of rotatable bonds is 4. The zero-order chi connectivity index (χ0) is 13.7. The van der Waals surface area contributed by atoms with Crippen molar-refractivity contribution in [2.75, 3.05) is 26.7 Å². The number of carbonyl (C=O) groups is 2. The third-order valence-corrected chi connectivity index (χ3v) is 3.25. The number of aromatic nitrogens is 1. The van der Waals surface area contributed by atoms with Crippen molar-refractivity contribution in [2.24, 2.45) is 0 Å². The van der Waals surface area contributed by atoms with Crippen molar-refractivity contribution >= 4 is 11.7 Å². The average molecular weight is 261 g/mol. The van der Waals surface area contributed by atoms with Gasteiger partial charge in [0, 0.05) is 44.9 Å². The van der Waals surface area contributed by atoms with Crippen LogP contribution in [0.25, 0.3) is 0 Å². The summed E-state index contributed by atoms with van der Waals surface area (Å²) >= 11 is 0. The second-order valence-electron chi connectivity index (χ2n) is 4.95. The Morgan fingerprint density at radius 3 is 2.79 bits per heavy atom. The van der Waals surface area contributed by atoms with Gasteiger partial charge < -0.3 is 4.90 Å². The van der Waals surface area contributed by atoms with E-state index in [9.17, 15) is 9.59 Å². The molecule has 0 spiro atoms. The Hall–Kier alpha value is -1.75. The summed E-state index contributed by atoms with van der Waals surface area (Å²) in [6.07, 6.45) is 4.54. The van der Waals surface area contributed by atoms with Crippen LogP contribution >= 0.6 is 0 Å². The standard InChI is InChI=1S/C14H19N3O2/c1-16(10-12-3-2-6-15-9-12)11-14(19)17-7-4-13(18)5-8-17/h2-3,6,9H,4-5,7-8,10-11H2,1H3. The van der Waals surface area contributed by atoms with E-state index in [1.165, 1.54) is 0 Å². The normalized spacial score (nSPS) is 15.9. The molecular formula is C14H19N3O2. The van der Waals surface area contributed by atoms with Crippen molar-refractivity contribution in [3.05, 3.63) is 30.1 Å². The lowest BCUT2D eigenvalue weighted by atomic mass is 10.1. The number of carbonyl (C=O) groups excluding carboxylic acids is 2. The lowest BCUT2D eigenvalue weighted by molar-refractivity contribution is -0.135. The van der Waals surface area contributed by atoms with Crippen LogP contribution in [0.2, 0.25) is 0 Å². The van der Waals surface area contributed by atoms with Crippen LogP contribution in [-0.4, -0.2) is 53.2 Å². The second kappa shape index (κ2) is 6.43. The quantitative estimate of drug-likeness (QED) is 0.801. The smallest absolute Gasteiger partial charge is 0.236 e. The van der Waals surface area contributed by atoms with Gasteiger partial charge in [0.05, 0.1) is 6.54 Å². The van der Waals surface area contributed by atoms with Crippen molar-refractivity contribution in [1.82, 2.24) is 14.8 Å². The van der Waals surface area contributed by atoms with Crippen molar-refractivity contribution < 1.29 is 9.59 Å². The molecule has 1 saturated heterocycles. The Kier molecular flexibility index (Phi) is 4.63. The summed E-state index contributed by atoms with van der Waals surface area (Å²) in [5.74, 6) is 0.353. The maximum atomic E-state index is 12.1. The highest BCUT2D eigenvalue weighted by Gasteiger charge is 2.21. The second-order valence-corrected chi connectivity index (χ2v) is 4.95. The van der Waals surface area contributed by atoms with Crippen LogP contribution < -0.4 is 0 Å². The summed E-state index contributed by atoms with van der Waals surface area (Å²) in [5.41, 5.74) is 1.09. The number of pyridine rings is 1. The van der Waals surface area contributed by atoms with E-state index in [-0.39, 0.29) is 11.7 Å². The molecule has 2 heterocycles. The minimum absolute atomic E-state index is 0.0962. The SMILES string of the molecule is CN(CC(=O)N1CCC(=O)CC1)Cc1cccnc1. The first-order valence-electron chi connectivity index (χ1n) is 6.52. The van der Waals surface area contributed by atoms with E-state index in [1.807, 2.05) is 24.1 Å². The number of ketones is 1. The molecule has 1 amide bonds. The lowest BCUT2D eigenvalue weighted by Gasteiger charge is -2.28. The van der Waals surface area contributed by atoms with E-state index in [2.05, 4.69) is 4.98 Å². The van der Waals surface area contributed by atoms with Gasteiger partial charge in [0.2, 0.25) is 5.91 Å². The van der Waals surface area contributed by atoms with Crippen molar-refractivity contribution in [1.29, 1.82) is 0 Å². The summed E-state index contributed by atoms with van der Waals surface area (Å²) in [6.45, 7) is 2.21. The fourth-order valence-electron chi connectivity index (χ4n) is 2.20. The van der Waals surface area contributed by atoms with E-state index in [0.29, 0.717) is 39.0 Å². The van der Waals surface area contributed by atoms with Crippen molar-refractivity contribution in [2.45, 2.75) is 19.4 Å². The number of piperidine rings is 1. The van der Waals surface area contributed by atoms with Crippen LogP contribution in [0.1, 0.15) is 18.4 Å². The maximum Gasteiger partial charge on any atom is 0.236 e. The zero-order valence-electron chi connectivity index (χ0n) is 11.2. The Morgan fingerprint density at radius 2 is 2.16 bits per heavy atom. The number of hydrogen-bond donors (Lipinski definition) is 0. The third-order valence-electron chi connectivity index (χ3n) is 3.25. The Morgan fingerprint density at radius 1 is 1.42 bits per heavy atom. The summed E-state index contributed by atoms with van der Waals surface area (Å²) in [4.78, 5) is 31.0. The molecule has 0 unspecified atom stereocenters. The van der Waals surface area contributed by atoms with Gasteiger partial charge in [-0.3, -0.25) is 19.5 Å². The molecule has 19 heavy (non-hydrogen) atoms. The monoisotopic (exact) mass is 261 g/mol. The number of hydrogen-bond acceptors (Lipinski definition) is 4. The zero-order valence-corrected chi connectivity index (χ0v) is 11.2. The molecule has 2 rings (SSSR count). The summed E-state index contributed by atoms with van der Waals surface area (Å²) < 4.78 is 0. The molecular weight excluding hydrogens is 242 g/mol. The minimum Gasteiger partial charge on any atom is -0.341 e. The van der Waals surface area contributed by atoms with E-state index >= 15 is 0 Å². The number of likely N-dealkylation sites (N-methyl/N-ethyl adjacent to an activating group) is 1. The average Bonchev–Trinajstić information content (AvgIpc) is 2.40. The molecule has 1 aromatic heterocycles. The molecule has 5 heteroatoms. The van der Waals surface area contributed by atoms with Crippen molar-refractivity contribution in [3.63, 3.8) is 0 Å². The Bertz CT molecular complexity index is 437. The summed E-state index contributed by atoms with van der Waals surface area (Å²) in [5, 5.41) is 0. The summed E-state index contributed by atoms with van der Waals surface area (Å²) in [7, 11) is 1.92. The van der Waals surface area contributed by atoms with E-state index < -0.39 is 0 Å². The highest BCUT2D eigenvalue weighted by atomic mass is 16.2. The van der Waals surface area contributed by atoms with Gasteiger partial charge in [-0.25, -0.2) is 0 Å². The fraction of sp³-hybridized carbons (Fsp3) is 0.500. The first kappa shape index (κ1) is 13.7. The number of amides is 1. The molecule has 1 aliphatic rings. The van der Waals surface area contributed by atoms with Gasteiger partial charge in [0.15, 0.2) is 0 Å². The highest BCUT2D eigenvalue weighted by Crippen LogP contribution is 2.07. The van der Waals surface area contributed by atoms with Crippen LogP contribution in [0.5, 0.6) is 0 Å². The third kappa shape index (κ3) is 4.13. The van der Waals surface area contributed by atoms with Crippen LogP contribution in [0.4, 0.5) is 0 Å². The van der Waals surface area contributed by atoms with E-state index in [4.69, 9.17) is 0 Å². The van der Waals surface area contributed by atoms with Gasteiger partial charge in [-0.05, 0) is 18.7 Å². The first-order chi connectivity index (χ1) is 9.15. The Labute approximate surface area is 113 Å². The molecule has 0 saturated carbocycles. The molecule has 0 atom stereocenters. The van der Waals surface area contributed by atoms with Gasteiger partial charge in [0.1, 0.15) is 5.78 Å². The van der Waals surface area contributed by atoms with Gasteiger partial charge >= 0.3 is 0 Å². The first-order valence-corrected chi connectivity index (χ1v) is 6.52. The molecule has 1 fully saturated rings. The molecule has 1 aromatic rings. The molecule has 0 aliphatic carbocycles. The number of nitrogens with zero attached hydrogens (tertiary/aromatic N) is 3. The molecule has 0 bridgehead atoms. The summed E-state index contributed by atoms with van der Waals surface area (Å²) in [6, 6.07) is 3.88. The Balaban J connectivity index is 1.80. The molecule has 0 radical (unpaired) electrons. The van der Waals surface area contributed by atoms with Gasteiger partial charge in [-0.1, -0.05) is 6.07 Å². The molecule has 1 aliphatic heterocycles. The van der Waals surface area contributed by atoms with Crippen LogP contribution in [-0.2, 0) is 16.1 Å². The fourth-order valence-corrected chi connectivity index (χ4v) is 2.20. The van der Waals surface area contributed by atoms with Crippen LogP contribution in [0.15, 0.2) is 24.5 Å². The minimum atomic E-state index is 0.0962. The maximum absolute atomic E-state index is 12.1. The van der Waals surface area contributed by atoms with E-state index in [0.717, 1.165) is 5.56 Å². The van der Waals surface area contributed by atoms with E-state index in [1.54, 1.807) is 17.3 Å². The number of Topliss-reactive ketones (excluding diaryl/α,β-unsaturated/α-hetero) is 1. The van der Waals surface area contributed by atoms with Crippen LogP contribution in [0, 0.1) is 0 Å². The number of likely N-dealkylation sites (tertiary alicyclic amines) is 1. The van der Waals surface area contributed by atoms with Gasteiger partial charge in [0.25, 0.3) is 0 Å². The molecule has 5 nitrogen and oxygen atoms in total. The predicted octanol–water partition coefficient (Wildman–Crippen LogP) is 0.705. The highest BCUT2D eigenvalue weighted by molar-refractivity contribution is 5.84. The topological polar surface area (TPSA) is 53.5 Å². The molecule has 102 valence electrons. The van der Waals surface area contributed by atoms with Gasteiger partial charge in [-0.2, -0.15) is 0 Å². The predicted molar refractivity (Wildman–Crippen MR) is 71.4 cm³/mol.